The lowest BCUT2D eigenvalue weighted by molar-refractivity contribution is 0.0195. The van der Waals surface area contributed by atoms with Crippen LogP contribution in [0.1, 0.15) is 39.2 Å². The summed E-state index contributed by atoms with van der Waals surface area (Å²) in [5.41, 5.74) is 0.0515. The summed E-state index contributed by atoms with van der Waals surface area (Å²) in [4.78, 5) is 13.7. The van der Waals surface area contributed by atoms with Crippen molar-refractivity contribution in [3.8, 4) is 0 Å². The summed E-state index contributed by atoms with van der Waals surface area (Å²) >= 11 is 5.90. The number of amides is 1. The molecule has 0 radical (unpaired) electrons. The van der Waals surface area contributed by atoms with Crippen molar-refractivity contribution < 1.29 is 17.9 Å². The zero-order chi connectivity index (χ0) is 18.7. The van der Waals surface area contributed by atoms with Gasteiger partial charge >= 0.3 is 6.09 Å². The highest BCUT2D eigenvalue weighted by Crippen LogP contribution is 2.17. The fourth-order valence-corrected chi connectivity index (χ4v) is 4.32. The molecule has 1 atom stereocenters. The predicted molar refractivity (Wildman–Crippen MR) is 98.0 cm³/mol. The molecular weight excluding hydrogens is 364 g/mol. The van der Waals surface area contributed by atoms with Gasteiger partial charge in [-0.15, -0.1) is 0 Å². The van der Waals surface area contributed by atoms with Gasteiger partial charge in [0.2, 0.25) is 10.0 Å². The fraction of sp³-hybridized carbons (Fsp3) is 0.588. The first kappa shape index (κ1) is 20.0. The molecule has 1 aliphatic heterocycles. The lowest BCUT2D eigenvalue weighted by Gasteiger charge is -2.34. The molecule has 0 aromatic heterocycles. The van der Waals surface area contributed by atoms with Crippen LogP contribution in [-0.2, 0) is 20.5 Å². The number of sulfonamides is 1. The standard InChI is InChI=1S/C17H25ClN2O4S/c1-17(2,3)24-16(21)20-9-5-8-15(11-20)19-25(22,23)12-13-6-4-7-14(18)10-13/h4,6-7,10,15,19H,5,8-9,11-12H2,1-3H3. The Bertz CT molecular complexity index is 716. The van der Waals surface area contributed by atoms with E-state index < -0.39 is 21.7 Å². The van der Waals surface area contributed by atoms with Crippen LogP contribution in [0.4, 0.5) is 4.79 Å². The Morgan fingerprint density at radius 3 is 2.76 bits per heavy atom. The lowest BCUT2D eigenvalue weighted by Crippen LogP contribution is -2.50. The maximum Gasteiger partial charge on any atom is 0.410 e. The van der Waals surface area contributed by atoms with E-state index in [1.807, 2.05) is 0 Å². The van der Waals surface area contributed by atoms with Crippen LogP contribution >= 0.6 is 11.6 Å². The van der Waals surface area contributed by atoms with Gasteiger partial charge in [0, 0.05) is 24.2 Å². The van der Waals surface area contributed by atoms with E-state index in [1.54, 1.807) is 49.9 Å². The van der Waals surface area contributed by atoms with Gasteiger partial charge in [-0.1, -0.05) is 23.7 Å². The summed E-state index contributed by atoms with van der Waals surface area (Å²) in [5.74, 6) is -0.142. The number of likely N-dealkylation sites (tertiary alicyclic amines) is 1. The van der Waals surface area contributed by atoms with E-state index >= 15 is 0 Å². The molecule has 1 amide bonds. The largest absolute Gasteiger partial charge is 0.444 e. The molecule has 1 fully saturated rings. The maximum atomic E-state index is 12.4. The van der Waals surface area contributed by atoms with Crippen molar-refractivity contribution in [2.45, 2.75) is 51.0 Å². The quantitative estimate of drug-likeness (QED) is 0.859. The van der Waals surface area contributed by atoms with Crippen molar-refractivity contribution in [3.05, 3.63) is 34.9 Å². The topological polar surface area (TPSA) is 75.7 Å². The molecular formula is C17H25ClN2O4S. The fourth-order valence-electron chi connectivity index (χ4n) is 2.71. The average Bonchev–Trinajstić information content (AvgIpc) is 2.44. The highest BCUT2D eigenvalue weighted by molar-refractivity contribution is 7.88. The molecule has 25 heavy (non-hydrogen) atoms. The predicted octanol–water partition coefficient (Wildman–Crippen LogP) is 3.16. The van der Waals surface area contributed by atoms with E-state index in [0.29, 0.717) is 30.1 Å². The third-order valence-electron chi connectivity index (χ3n) is 3.67. The van der Waals surface area contributed by atoms with Crippen molar-refractivity contribution in [1.82, 2.24) is 9.62 Å². The first-order valence-corrected chi connectivity index (χ1v) is 10.3. The molecule has 0 bridgehead atoms. The molecule has 140 valence electrons. The number of nitrogens with zero attached hydrogens (tertiary/aromatic N) is 1. The minimum absolute atomic E-state index is 0.142. The SMILES string of the molecule is CC(C)(C)OC(=O)N1CCCC(NS(=O)(=O)Cc2cccc(Cl)c2)C1. The number of hydrogen-bond donors (Lipinski definition) is 1. The van der Waals surface area contributed by atoms with Crippen LogP contribution in [0.3, 0.4) is 0 Å². The van der Waals surface area contributed by atoms with E-state index in [9.17, 15) is 13.2 Å². The van der Waals surface area contributed by atoms with Crippen molar-refractivity contribution in [3.63, 3.8) is 0 Å². The Morgan fingerprint density at radius 2 is 2.12 bits per heavy atom. The van der Waals surface area contributed by atoms with Crippen molar-refractivity contribution in [2.24, 2.45) is 0 Å². The van der Waals surface area contributed by atoms with E-state index in [4.69, 9.17) is 16.3 Å². The van der Waals surface area contributed by atoms with Gasteiger partial charge in [0.15, 0.2) is 0 Å². The van der Waals surface area contributed by atoms with Crippen LogP contribution in [0, 0.1) is 0 Å². The number of nitrogens with one attached hydrogen (secondary N) is 1. The van der Waals surface area contributed by atoms with Gasteiger partial charge in [-0.25, -0.2) is 17.9 Å². The van der Waals surface area contributed by atoms with Crippen LogP contribution < -0.4 is 4.72 Å². The number of piperidine rings is 1. The van der Waals surface area contributed by atoms with E-state index in [1.165, 1.54) is 0 Å². The molecule has 1 aromatic rings. The lowest BCUT2D eigenvalue weighted by atomic mass is 10.1. The number of carbonyl (C=O) groups is 1. The van der Waals surface area contributed by atoms with Gasteiger partial charge in [-0.3, -0.25) is 0 Å². The summed E-state index contributed by atoms with van der Waals surface area (Å²) in [5, 5.41) is 0.501. The zero-order valence-corrected chi connectivity index (χ0v) is 16.4. The van der Waals surface area contributed by atoms with E-state index in [0.717, 1.165) is 6.42 Å². The summed E-state index contributed by atoms with van der Waals surface area (Å²) in [6.07, 6.45) is 1.00. The van der Waals surface area contributed by atoms with Gasteiger partial charge < -0.3 is 9.64 Å². The number of carbonyl (C=O) groups excluding carboxylic acids is 1. The minimum atomic E-state index is -3.52. The third kappa shape index (κ3) is 6.84. The van der Waals surface area contributed by atoms with Crippen LogP contribution in [-0.4, -0.2) is 44.1 Å². The van der Waals surface area contributed by atoms with Crippen LogP contribution in [0.15, 0.2) is 24.3 Å². The number of ether oxygens (including phenoxy) is 1. The zero-order valence-electron chi connectivity index (χ0n) is 14.8. The molecule has 2 rings (SSSR count). The number of halogens is 1. The van der Waals surface area contributed by atoms with Crippen LogP contribution in [0.2, 0.25) is 5.02 Å². The van der Waals surface area contributed by atoms with Crippen molar-refractivity contribution >= 4 is 27.7 Å². The van der Waals surface area contributed by atoms with Crippen molar-refractivity contribution in [1.29, 1.82) is 0 Å². The average molecular weight is 389 g/mol. The van der Waals surface area contributed by atoms with Gasteiger partial charge in [0.25, 0.3) is 0 Å². The molecule has 1 N–H and O–H groups in total. The molecule has 0 saturated carbocycles. The third-order valence-corrected chi connectivity index (χ3v) is 5.31. The second-order valence-electron chi connectivity index (χ2n) is 7.27. The van der Waals surface area contributed by atoms with Gasteiger partial charge in [0.1, 0.15) is 5.60 Å². The summed E-state index contributed by atoms with van der Waals surface area (Å²) in [7, 11) is -3.52. The molecule has 6 nitrogen and oxygen atoms in total. The first-order chi connectivity index (χ1) is 11.5. The number of hydrogen-bond acceptors (Lipinski definition) is 4. The molecule has 1 aliphatic rings. The molecule has 1 heterocycles. The smallest absolute Gasteiger partial charge is 0.410 e. The Labute approximate surface area is 154 Å². The highest BCUT2D eigenvalue weighted by Gasteiger charge is 2.29. The Morgan fingerprint density at radius 1 is 1.40 bits per heavy atom. The van der Waals surface area contributed by atoms with Crippen LogP contribution in [0.25, 0.3) is 0 Å². The monoisotopic (exact) mass is 388 g/mol. The Kier molecular flexibility index (Phi) is 6.35. The van der Waals surface area contributed by atoms with E-state index in [-0.39, 0.29) is 11.8 Å². The van der Waals surface area contributed by atoms with Gasteiger partial charge in [0.05, 0.1) is 5.75 Å². The van der Waals surface area contributed by atoms with Gasteiger partial charge in [-0.05, 0) is 51.3 Å². The van der Waals surface area contributed by atoms with Gasteiger partial charge in [-0.2, -0.15) is 0 Å². The second-order valence-corrected chi connectivity index (χ2v) is 9.46. The first-order valence-electron chi connectivity index (χ1n) is 8.26. The number of rotatable bonds is 4. The highest BCUT2D eigenvalue weighted by atomic mass is 35.5. The molecule has 8 heteroatoms. The minimum Gasteiger partial charge on any atom is -0.444 e. The van der Waals surface area contributed by atoms with Crippen LogP contribution in [0.5, 0.6) is 0 Å². The molecule has 1 saturated heterocycles. The molecule has 0 spiro atoms. The summed E-state index contributed by atoms with van der Waals surface area (Å²) in [6.45, 7) is 6.30. The summed E-state index contributed by atoms with van der Waals surface area (Å²) < 4.78 is 32.8. The van der Waals surface area contributed by atoms with E-state index in [2.05, 4.69) is 4.72 Å². The Hall–Kier alpha value is -1.31. The maximum absolute atomic E-state index is 12.4. The van der Waals surface area contributed by atoms with Crippen molar-refractivity contribution in [2.75, 3.05) is 13.1 Å². The molecule has 0 aliphatic carbocycles. The number of benzene rings is 1. The second kappa shape index (κ2) is 7.93. The molecule has 1 aromatic carbocycles. The molecule has 1 unspecified atom stereocenters. The normalized spacial score (nSPS) is 18.9. The summed E-state index contributed by atoms with van der Waals surface area (Å²) in [6, 6.07) is 6.46. The Balaban J connectivity index is 1.96.